The SMILES string of the molecule is COc1ccc(S(=O)(=O)N(CC(=O)N(Cc2ccc(Cl)c(Cl)c2)[C@H](Cc2ccccc2)C(=O)NC(C)C)c2cccc(Cl)c2)cc1. The highest BCUT2D eigenvalue weighted by atomic mass is 35.5. The van der Waals surface area contributed by atoms with Crippen LogP contribution in [0.4, 0.5) is 5.69 Å². The van der Waals surface area contributed by atoms with Crippen molar-refractivity contribution in [2.45, 2.75) is 43.8 Å². The first-order valence-corrected chi connectivity index (χ1v) is 17.0. The molecule has 12 heteroatoms. The second-order valence-corrected chi connectivity index (χ2v) is 13.9. The molecule has 0 radical (unpaired) electrons. The molecule has 1 N–H and O–H groups in total. The van der Waals surface area contributed by atoms with Crippen LogP contribution < -0.4 is 14.4 Å². The molecule has 0 heterocycles. The van der Waals surface area contributed by atoms with Gasteiger partial charge in [0.1, 0.15) is 18.3 Å². The number of anilines is 1. The number of nitrogens with zero attached hydrogens (tertiary/aromatic N) is 2. The number of carbonyl (C=O) groups is 2. The molecular weight excluding hydrogens is 669 g/mol. The lowest BCUT2D eigenvalue weighted by atomic mass is 10.0. The quantitative estimate of drug-likeness (QED) is 0.162. The highest BCUT2D eigenvalue weighted by Crippen LogP contribution is 2.29. The number of amides is 2. The number of halogens is 3. The van der Waals surface area contributed by atoms with E-state index >= 15 is 0 Å². The van der Waals surface area contributed by atoms with Crippen molar-refractivity contribution >= 4 is 62.3 Å². The molecule has 0 aliphatic heterocycles. The number of sulfonamides is 1. The van der Waals surface area contributed by atoms with Crippen molar-refractivity contribution in [3.8, 4) is 5.75 Å². The Hall–Kier alpha value is -3.76. The number of hydrogen-bond acceptors (Lipinski definition) is 5. The third kappa shape index (κ3) is 8.94. The van der Waals surface area contributed by atoms with Crippen LogP contribution in [0.15, 0.2) is 102 Å². The molecule has 4 rings (SSSR count). The number of methoxy groups -OCH3 is 1. The Kier molecular flexibility index (Phi) is 12.0. The van der Waals surface area contributed by atoms with Gasteiger partial charge in [-0.1, -0.05) is 77.3 Å². The van der Waals surface area contributed by atoms with Crippen molar-refractivity contribution in [3.05, 3.63) is 123 Å². The van der Waals surface area contributed by atoms with Crippen LogP contribution in [0.5, 0.6) is 5.75 Å². The zero-order chi connectivity index (χ0) is 33.4. The van der Waals surface area contributed by atoms with Gasteiger partial charge in [0.25, 0.3) is 10.0 Å². The van der Waals surface area contributed by atoms with E-state index in [4.69, 9.17) is 39.5 Å². The summed E-state index contributed by atoms with van der Waals surface area (Å²) in [5.74, 6) is -0.542. The molecule has 2 amide bonds. The Bertz CT molecular complexity index is 1770. The van der Waals surface area contributed by atoms with Crippen LogP contribution in [0.25, 0.3) is 0 Å². The van der Waals surface area contributed by atoms with E-state index in [1.807, 2.05) is 44.2 Å². The first-order valence-electron chi connectivity index (χ1n) is 14.4. The van der Waals surface area contributed by atoms with Gasteiger partial charge in [-0.2, -0.15) is 0 Å². The molecular formula is C34H34Cl3N3O5S. The number of carbonyl (C=O) groups excluding carboxylic acids is 2. The maximum Gasteiger partial charge on any atom is 0.264 e. The third-order valence-electron chi connectivity index (χ3n) is 7.06. The van der Waals surface area contributed by atoms with E-state index in [2.05, 4.69) is 5.32 Å². The summed E-state index contributed by atoms with van der Waals surface area (Å²) < 4.78 is 34.5. The Morgan fingerprint density at radius 2 is 1.52 bits per heavy atom. The molecule has 0 aliphatic carbocycles. The zero-order valence-electron chi connectivity index (χ0n) is 25.5. The number of benzene rings is 4. The molecule has 4 aromatic carbocycles. The van der Waals surface area contributed by atoms with Gasteiger partial charge in [-0.15, -0.1) is 0 Å². The van der Waals surface area contributed by atoms with E-state index in [9.17, 15) is 18.0 Å². The Morgan fingerprint density at radius 1 is 0.826 bits per heavy atom. The summed E-state index contributed by atoms with van der Waals surface area (Å²) in [6, 6.07) is 25.1. The Balaban J connectivity index is 1.82. The van der Waals surface area contributed by atoms with E-state index < -0.39 is 28.5 Å². The molecule has 242 valence electrons. The lowest BCUT2D eigenvalue weighted by Crippen LogP contribution is -2.54. The minimum absolute atomic E-state index is 0.0509. The van der Waals surface area contributed by atoms with Gasteiger partial charge in [-0.3, -0.25) is 13.9 Å². The average molecular weight is 703 g/mol. The standard InChI is InChI=1S/C34H34Cl3N3O5S/c1-23(2)38-34(42)32(19-24-8-5-4-6-9-24)39(21-25-12-17-30(36)31(37)18-25)33(41)22-40(27-11-7-10-26(35)20-27)46(43,44)29-15-13-28(45-3)14-16-29/h4-18,20,23,32H,19,21-22H2,1-3H3,(H,38,42)/t32-/m1/s1. The summed E-state index contributed by atoms with van der Waals surface area (Å²) in [6.45, 7) is 2.97. The molecule has 1 atom stereocenters. The van der Waals surface area contributed by atoms with Crippen molar-refractivity contribution in [2.75, 3.05) is 18.0 Å². The largest absolute Gasteiger partial charge is 0.497 e. The molecule has 8 nitrogen and oxygen atoms in total. The molecule has 0 aromatic heterocycles. The van der Waals surface area contributed by atoms with E-state index in [0.29, 0.717) is 16.3 Å². The molecule has 0 saturated carbocycles. The van der Waals surface area contributed by atoms with E-state index in [1.165, 1.54) is 42.3 Å². The van der Waals surface area contributed by atoms with E-state index in [-0.39, 0.29) is 45.5 Å². The van der Waals surface area contributed by atoms with Gasteiger partial charge in [0.15, 0.2) is 0 Å². The van der Waals surface area contributed by atoms with Gasteiger partial charge in [-0.05, 0) is 79.6 Å². The summed E-state index contributed by atoms with van der Waals surface area (Å²) in [7, 11) is -2.82. The summed E-state index contributed by atoms with van der Waals surface area (Å²) in [6.07, 6.45) is 0.175. The van der Waals surface area contributed by atoms with Crippen LogP contribution in [0.1, 0.15) is 25.0 Å². The minimum Gasteiger partial charge on any atom is -0.497 e. The topological polar surface area (TPSA) is 96.0 Å². The zero-order valence-corrected chi connectivity index (χ0v) is 28.6. The predicted octanol–water partition coefficient (Wildman–Crippen LogP) is 7.02. The summed E-state index contributed by atoms with van der Waals surface area (Å²) in [5, 5.41) is 3.82. The molecule has 0 aliphatic rings. The molecule has 46 heavy (non-hydrogen) atoms. The van der Waals surface area contributed by atoms with E-state index in [0.717, 1.165) is 9.87 Å². The van der Waals surface area contributed by atoms with Crippen LogP contribution in [0, 0.1) is 0 Å². The predicted molar refractivity (Wildman–Crippen MR) is 183 cm³/mol. The van der Waals surface area contributed by atoms with Gasteiger partial charge in [0.05, 0.1) is 27.7 Å². The Labute approximate surface area is 284 Å². The van der Waals surface area contributed by atoms with Gasteiger partial charge >= 0.3 is 0 Å². The first kappa shape index (κ1) is 35.1. The molecule has 4 aromatic rings. The number of ether oxygens (including phenoxy) is 1. The van der Waals surface area contributed by atoms with Gasteiger partial charge in [0.2, 0.25) is 11.8 Å². The number of rotatable bonds is 13. The highest BCUT2D eigenvalue weighted by Gasteiger charge is 2.35. The third-order valence-corrected chi connectivity index (χ3v) is 9.82. The van der Waals surface area contributed by atoms with Crippen LogP contribution in [0.3, 0.4) is 0 Å². The second kappa shape index (κ2) is 15.7. The van der Waals surface area contributed by atoms with Crippen molar-refractivity contribution in [2.24, 2.45) is 0 Å². The van der Waals surface area contributed by atoms with Crippen molar-refractivity contribution in [1.29, 1.82) is 0 Å². The van der Waals surface area contributed by atoms with Crippen LogP contribution in [-0.2, 0) is 32.6 Å². The fourth-order valence-corrected chi connectivity index (χ4v) is 6.72. The second-order valence-electron chi connectivity index (χ2n) is 10.8. The van der Waals surface area contributed by atoms with Gasteiger partial charge in [-0.25, -0.2) is 8.42 Å². The fraction of sp³-hybridized carbons (Fsp3) is 0.235. The molecule has 0 spiro atoms. The van der Waals surface area contributed by atoms with Crippen LogP contribution in [-0.4, -0.2) is 50.9 Å². The minimum atomic E-state index is -4.30. The normalized spacial score (nSPS) is 12.0. The van der Waals surface area contributed by atoms with Gasteiger partial charge in [0, 0.05) is 24.0 Å². The van der Waals surface area contributed by atoms with Crippen molar-refractivity contribution < 1.29 is 22.7 Å². The maximum absolute atomic E-state index is 14.5. The molecule has 0 saturated heterocycles. The summed E-state index contributed by atoms with van der Waals surface area (Å²) in [4.78, 5) is 29.6. The van der Waals surface area contributed by atoms with E-state index in [1.54, 1.807) is 36.4 Å². The molecule has 0 fully saturated rings. The first-order chi connectivity index (χ1) is 21.9. The average Bonchev–Trinajstić information content (AvgIpc) is 3.03. The smallest absolute Gasteiger partial charge is 0.264 e. The lowest BCUT2D eigenvalue weighted by molar-refractivity contribution is -0.140. The van der Waals surface area contributed by atoms with Gasteiger partial charge < -0.3 is 15.0 Å². The number of nitrogens with one attached hydrogen (secondary N) is 1. The molecule has 0 bridgehead atoms. The highest BCUT2D eigenvalue weighted by molar-refractivity contribution is 7.92. The summed E-state index contributed by atoms with van der Waals surface area (Å²) in [5.41, 5.74) is 1.60. The van der Waals surface area contributed by atoms with Crippen LogP contribution >= 0.6 is 34.8 Å². The number of hydrogen-bond donors (Lipinski definition) is 1. The maximum atomic E-state index is 14.5. The molecule has 0 unspecified atom stereocenters. The van der Waals surface area contributed by atoms with Crippen LogP contribution in [0.2, 0.25) is 15.1 Å². The fourth-order valence-electron chi connectivity index (χ4n) is 4.80. The van der Waals surface area contributed by atoms with Crippen molar-refractivity contribution in [3.63, 3.8) is 0 Å². The summed E-state index contributed by atoms with van der Waals surface area (Å²) >= 11 is 18.8. The monoisotopic (exact) mass is 701 g/mol. The van der Waals surface area contributed by atoms with Crippen molar-refractivity contribution in [1.82, 2.24) is 10.2 Å². The Morgan fingerprint density at radius 3 is 2.13 bits per heavy atom. The lowest BCUT2D eigenvalue weighted by Gasteiger charge is -2.34.